The summed E-state index contributed by atoms with van der Waals surface area (Å²) in [6.07, 6.45) is 11.3. The monoisotopic (exact) mass is 388 g/mol. The molecular weight excluding hydrogens is 371 g/mol. The van der Waals surface area contributed by atoms with Crippen molar-refractivity contribution in [2.75, 3.05) is 0 Å². The number of hydrogen-bond donors (Lipinski definition) is 0. The maximum atomic E-state index is 6.15. The average Bonchev–Trinajstić information content (AvgIpc) is 2.90. The molecule has 1 unspecified atom stereocenters. The summed E-state index contributed by atoms with van der Waals surface area (Å²) in [6.45, 7) is 0. The first-order valence-corrected chi connectivity index (χ1v) is 8.63. The maximum Gasteiger partial charge on any atom is 0.144 e. The number of hydrogen-bond acceptors (Lipinski definition) is 1. The van der Waals surface area contributed by atoms with E-state index in [2.05, 4.69) is 71.2 Å². The van der Waals surface area contributed by atoms with Crippen LogP contribution < -0.4 is 10.6 Å². The smallest absolute Gasteiger partial charge is 0.144 e. The largest absolute Gasteiger partial charge is 0.456 e. The lowest BCUT2D eigenvalue weighted by molar-refractivity contribution is 0.510. The summed E-state index contributed by atoms with van der Waals surface area (Å²) in [5.41, 5.74) is 3.97. The van der Waals surface area contributed by atoms with Crippen LogP contribution in [0.5, 0.6) is 0 Å². The van der Waals surface area contributed by atoms with E-state index in [-0.39, 0.29) is 0 Å². The minimum atomic E-state index is 0.540. The van der Waals surface area contributed by atoms with Gasteiger partial charge in [0.2, 0.25) is 0 Å². The van der Waals surface area contributed by atoms with E-state index in [0.717, 1.165) is 36.9 Å². The van der Waals surface area contributed by atoms with Crippen LogP contribution in [0.3, 0.4) is 0 Å². The van der Waals surface area contributed by atoms with E-state index in [1.807, 2.05) is 0 Å². The van der Waals surface area contributed by atoms with E-state index < -0.39 is 0 Å². The Morgan fingerprint density at radius 2 is 2.05 bits per heavy atom. The zero-order chi connectivity index (χ0) is 14.2. The molecule has 0 aliphatic heterocycles. The summed E-state index contributed by atoms with van der Waals surface area (Å²) < 4.78 is 7.51. The van der Waals surface area contributed by atoms with E-state index in [0.29, 0.717) is 5.92 Å². The average molecular weight is 388 g/mol. The van der Waals surface area contributed by atoms with Crippen molar-refractivity contribution in [2.24, 2.45) is 0 Å². The third-order valence-corrected chi connectivity index (χ3v) is 5.42. The summed E-state index contributed by atoms with van der Waals surface area (Å²) in [5, 5.41) is 1.37. The Morgan fingerprint density at radius 3 is 2.90 bits per heavy atom. The summed E-state index contributed by atoms with van der Waals surface area (Å²) in [7, 11) is 0. The van der Waals surface area contributed by atoms with E-state index >= 15 is 0 Å². The summed E-state index contributed by atoms with van der Waals surface area (Å²) in [5.74, 6) is 1.62. The van der Waals surface area contributed by atoms with Crippen LogP contribution in [0.25, 0.3) is 15.7 Å². The molecule has 2 aromatic rings. The fourth-order valence-corrected chi connectivity index (χ4v) is 4.13. The molecule has 2 aliphatic rings. The molecule has 21 heavy (non-hydrogen) atoms. The first-order chi connectivity index (χ1) is 10.3. The van der Waals surface area contributed by atoms with Crippen LogP contribution in [0, 0.1) is 0 Å². The van der Waals surface area contributed by atoms with Crippen LogP contribution in [-0.2, 0) is 6.42 Å². The molecule has 0 radical (unpaired) electrons. The van der Waals surface area contributed by atoms with E-state index in [1.165, 1.54) is 19.9 Å². The molecule has 0 saturated carbocycles. The fourth-order valence-electron chi connectivity index (χ4n) is 3.42. The lowest BCUT2D eigenvalue weighted by atomic mass is 9.85. The number of benzene rings is 1. The van der Waals surface area contributed by atoms with Gasteiger partial charge in [0, 0.05) is 14.4 Å². The molecule has 4 rings (SSSR count). The molecule has 0 bridgehead atoms. The predicted molar refractivity (Wildman–Crippen MR) is 95.6 cm³/mol. The molecule has 0 fully saturated rings. The molecule has 1 aromatic heterocycles. The zero-order valence-electron chi connectivity index (χ0n) is 11.8. The van der Waals surface area contributed by atoms with Crippen molar-refractivity contribution in [2.45, 2.75) is 31.6 Å². The van der Waals surface area contributed by atoms with Gasteiger partial charge in [-0.3, -0.25) is 0 Å². The number of rotatable bonds is 2. The molecule has 2 heteroatoms. The maximum absolute atomic E-state index is 6.15. The van der Waals surface area contributed by atoms with Crippen molar-refractivity contribution in [3.05, 3.63) is 63.9 Å². The van der Waals surface area contributed by atoms with Gasteiger partial charge < -0.3 is 4.42 Å². The van der Waals surface area contributed by atoms with Crippen LogP contribution in [0.15, 0.2) is 40.8 Å². The molecule has 0 saturated heterocycles. The Balaban J connectivity index is 1.82. The number of halogens is 1. The predicted octanol–water partition coefficient (Wildman–Crippen LogP) is 4.14. The Kier molecular flexibility index (Phi) is 3.49. The molecule has 0 spiro atoms. The standard InChI is InChI=1S/C19H17IO/c20-16-10-5-9-15-18-14(12-13-6-2-1-3-7-13)8-4-11-17(18)21-19(15)16/h1-4,6-7,9,11,14H,5,8,10,12H2. The van der Waals surface area contributed by atoms with E-state index in [1.54, 1.807) is 0 Å². The lowest BCUT2D eigenvalue weighted by Crippen LogP contribution is -2.28. The summed E-state index contributed by atoms with van der Waals surface area (Å²) in [4.78, 5) is 0. The quantitative estimate of drug-likeness (QED) is 0.705. The van der Waals surface area contributed by atoms with Gasteiger partial charge in [0.15, 0.2) is 0 Å². The summed E-state index contributed by atoms with van der Waals surface area (Å²) >= 11 is 2.44. The molecule has 106 valence electrons. The highest BCUT2D eigenvalue weighted by molar-refractivity contribution is 14.1. The molecule has 0 amide bonds. The van der Waals surface area contributed by atoms with Gasteiger partial charge in [-0.25, -0.2) is 0 Å². The number of furan rings is 1. The lowest BCUT2D eigenvalue weighted by Gasteiger charge is -2.18. The minimum absolute atomic E-state index is 0.540. The van der Waals surface area contributed by atoms with Crippen molar-refractivity contribution in [1.29, 1.82) is 0 Å². The Bertz CT molecular complexity index is 811. The van der Waals surface area contributed by atoms with Crippen LogP contribution in [0.4, 0.5) is 0 Å². The van der Waals surface area contributed by atoms with Gasteiger partial charge in [-0.2, -0.15) is 0 Å². The topological polar surface area (TPSA) is 13.1 Å². The number of allylic oxidation sites excluding steroid dienone is 1. The summed E-state index contributed by atoms with van der Waals surface area (Å²) in [6, 6.07) is 10.8. The SMILES string of the molecule is IC1=c2oc3c(c2=CCC1)C(Cc1ccccc1)CC=C3. The molecule has 1 nitrogen and oxygen atoms in total. The van der Waals surface area contributed by atoms with Gasteiger partial charge in [0.25, 0.3) is 0 Å². The van der Waals surface area contributed by atoms with Gasteiger partial charge in [-0.15, -0.1) is 0 Å². The molecule has 0 N–H and O–H groups in total. The first kappa shape index (κ1) is 13.4. The highest BCUT2D eigenvalue weighted by Crippen LogP contribution is 2.31. The van der Waals surface area contributed by atoms with E-state index in [9.17, 15) is 0 Å². The third-order valence-electron chi connectivity index (χ3n) is 4.39. The van der Waals surface area contributed by atoms with Crippen molar-refractivity contribution in [1.82, 2.24) is 0 Å². The molecule has 2 aliphatic carbocycles. The van der Waals surface area contributed by atoms with Crippen molar-refractivity contribution >= 4 is 38.3 Å². The highest BCUT2D eigenvalue weighted by Gasteiger charge is 2.24. The second-order valence-electron chi connectivity index (χ2n) is 5.80. The van der Waals surface area contributed by atoms with E-state index in [4.69, 9.17) is 4.42 Å². The molecule has 1 atom stereocenters. The van der Waals surface area contributed by atoms with Gasteiger partial charge in [-0.05, 0) is 65.8 Å². The van der Waals surface area contributed by atoms with Crippen LogP contribution >= 0.6 is 22.6 Å². The van der Waals surface area contributed by atoms with Crippen molar-refractivity contribution in [3.63, 3.8) is 0 Å². The van der Waals surface area contributed by atoms with Gasteiger partial charge in [0.1, 0.15) is 11.2 Å². The second kappa shape index (κ2) is 5.48. The minimum Gasteiger partial charge on any atom is -0.456 e. The first-order valence-electron chi connectivity index (χ1n) is 7.55. The third kappa shape index (κ3) is 2.39. The van der Waals surface area contributed by atoms with Crippen molar-refractivity contribution < 1.29 is 4.42 Å². The van der Waals surface area contributed by atoms with Gasteiger partial charge >= 0.3 is 0 Å². The molecule has 1 heterocycles. The Morgan fingerprint density at radius 1 is 1.19 bits per heavy atom. The van der Waals surface area contributed by atoms with Crippen LogP contribution in [0.1, 0.15) is 42.1 Å². The van der Waals surface area contributed by atoms with Gasteiger partial charge in [0.05, 0.1) is 0 Å². The van der Waals surface area contributed by atoms with Crippen molar-refractivity contribution in [3.8, 4) is 0 Å². The fraction of sp³-hybridized carbons (Fsp3) is 0.263. The molecular formula is C19H17IO. The second-order valence-corrected chi connectivity index (χ2v) is 7.10. The number of fused-ring (bicyclic) bond motifs is 3. The van der Waals surface area contributed by atoms with Crippen LogP contribution in [-0.4, -0.2) is 0 Å². The molecule has 1 aromatic carbocycles. The zero-order valence-corrected chi connectivity index (χ0v) is 14.0. The van der Waals surface area contributed by atoms with Gasteiger partial charge in [-0.1, -0.05) is 42.5 Å². The highest BCUT2D eigenvalue weighted by atomic mass is 127. The van der Waals surface area contributed by atoms with Crippen LogP contribution in [0.2, 0.25) is 0 Å². The normalized spacial score (nSPS) is 19.9. The Hall–Kier alpha value is -1.29. The Labute approximate surface area is 138 Å².